The van der Waals surface area contributed by atoms with Crippen LogP contribution in [-0.2, 0) is 39.6 Å². The third-order valence-corrected chi connectivity index (χ3v) is 10.8. The number of carbonyl (C=O) groups excluding carboxylic acids is 3. The molecule has 1 fully saturated rings. The van der Waals surface area contributed by atoms with Gasteiger partial charge in [0.2, 0.25) is 0 Å². The van der Waals surface area contributed by atoms with Crippen molar-refractivity contribution >= 4 is 69.8 Å². The van der Waals surface area contributed by atoms with Crippen LogP contribution in [0.2, 0.25) is 10.0 Å². The van der Waals surface area contributed by atoms with E-state index in [1.54, 1.807) is 0 Å². The highest BCUT2D eigenvalue weighted by Gasteiger charge is 2.34. The Morgan fingerprint density at radius 1 is 1.05 bits per heavy atom. The van der Waals surface area contributed by atoms with Gasteiger partial charge in [0.1, 0.15) is 23.1 Å². The van der Waals surface area contributed by atoms with Crippen molar-refractivity contribution in [3.8, 4) is 11.5 Å². The van der Waals surface area contributed by atoms with Gasteiger partial charge in [-0.15, -0.1) is 0 Å². The maximum absolute atomic E-state index is 12.7. The molecule has 1 heterocycles. The van der Waals surface area contributed by atoms with Crippen LogP contribution in [-0.4, -0.2) is 90.5 Å². The van der Waals surface area contributed by atoms with Gasteiger partial charge < -0.3 is 34.5 Å². The molecule has 4 N–H and O–H groups in total. The third-order valence-electron chi connectivity index (χ3n) is 8.05. The molecule has 336 valence electrons. The molecule has 18 nitrogen and oxygen atoms in total. The van der Waals surface area contributed by atoms with Crippen molar-refractivity contribution < 1.29 is 79.0 Å². The third kappa shape index (κ3) is 15.5. The van der Waals surface area contributed by atoms with Gasteiger partial charge in [-0.05, 0) is 68.7 Å². The number of nitro benzene ring substituents is 1. The number of nitrogens with zero attached hydrogens (tertiary/aromatic N) is 2. The quantitative estimate of drug-likeness (QED) is 0.0346. The molecule has 25 heteroatoms. The first-order valence-corrected chi connectivity index (χ1v) is 22.6. The van der Waals surface area contributed by atoms with Crippen LogP contribution >= 0.6 is 30.6 Å². The number of benzene rings is 3. The summed E-state index contributed by atoms with van der Waals surface area (Å²) in [7, 11) is -6.67. The minimum atomic E-state index is -4.61. The van der Waals surface area contributed by atoms with E-state index in [9.17, 15) is 55.4 Å². The number of nitro groups is 1. The summed E-state index contributed by atoms with van der Waals surface area (Å²) >= 11 is 11.6. The number of ether oxygens (including phenoxy) is 3. The molecule has 0 bridgehead atoms. The molecule has 1 aromatic heterocycles. The normalized spacial score (nSPS) is 13.8. The van der Waals surface area contributed by atoms with Gasteiger partial charge in [-0.3, -0.25) is 24.3 Å². The van der Waals surface area contributed by atoms with E-state index in [1.807, 2.05) is 0 Å². The number of aromatic nitrogens is 1. The largest absolute Gasteiger partial charge is 0.480 e. The minimum absolute atomic E-state index is 0.0412. The lowest BCUT2D eigenvalue weighted by Gasteiger charge is -2.12. The van der Waals surface area contributed by atoms with Crippen LogP contribution in [0.25, 0.3) is 0 Å². The average molecular weight is 955 g/mol. The van der Waals surface area contributed by atoms with Crippen molar-refractivity contribution in [3.05, 3.63) is 109 Å². The number of carbonyl (C=O) groups is 4. The molecule has 0 amide bonds. The van der Waals surface area contributed by atoms with Gasteiger partial charge >= 0.3 is 24.1 Å². The maximum atomic E-state index is 12.7. The van der Waals surface area contributed by atoms with Gasteiger partial charge in [0, 0.05) is 47.7 Å². The lowest BCUT2D eigenvalue weighted by atomic mass is 10.0. The Morgan fingerprint density at radius 2 is 1.71 bits per heavy atom. The Bertz CT molecular complexity index is 2480. The molecule has 3 aromatic carbocycles. The SMILES string of the molecule is CCOC(=O)COC(=O)c1cc(Oc2ccc(C(F)(F)F)cc2Cl)ccc1[N+](=O)[O-].CP(=O)(O)CCC(N)C(=O)O.CS(=O)(=O)c1cc(Cl)ccc1C(=O)c1cnoc1C1CC1. The summed E-state index contributed by atoms with van der Waals surface area (Å²) in [6.07, 6.45) is -0.309. The number of esters is 2. The Morgan fingerprint density at radius 3 is 2.24 bits per heavy atom. The predicted molar refractivity (Wildman–Crippen MR) is 214 cm³/mol. The molecule has 0 saturated heterocycles. The number of sulfone groups is 1. The van der Waals surface area contributed by atoms with Crippen molar-refractivity contribution in [2.45, 2.75) is 49.2 Å². The Kier molecular flexibility index (Phi) is 17.8. The number of hydrogen-bond donors (Lipinski definition) is 3. The fourth-order valence-corrected chi connectivity index (χ4v) is 7.00. The number of halogens is 5. The molecule has 4 aromatic rings. The number of ketones is 1. The second-order valence-electron chi connectivity index (χ2n) is 13.2. The smallest absolute Gasteiger partial charge is 0.416 e. The number of rotatable bonds is 15. The summed E-state index contributed by atoms with van der Waals surface area (Å²) < 4.78 is 92.3. The Hall–Kier alpha value is -5.38. The van der Waals surface area contributed by atoms with Gasteiger partial charge in [-0.2, -0.15) is 13.2 Å². The van der Waals surface area contributed by atoms with E-state index in [1.165, 1.54) is 38.0 Å². The van der Waals surface area contributed by atoms with Crippen molar-refractivity contribution in [3.63, 3.8) is 0 Å². The highest BCUT2D eigenvalue weighted by Crippen LogP contribution is 2.42. The first-order valence-electron chi connectivity index (χ1n) is 17.7. The molecular formula is C37H37Cl2F3N3O15PS. The number of carboxylic acids is 1. The van der Waals surface area contributed by atoms with Crippen molar-refractivity contribution in [1.29, 1.82) is 0 Å². The van der Waals surface area contributed by atoms with Crippen LogP contribution in [0.15, 0.2) is 70.2 Å². The summed E-state index contributed by atoms with van der Waals surface area (Å²) in [5, 5.41) is 23.0. The summed E-state index contributed by atoms with van der Waals surface area (Å²) in [6.45, 7) is 2.01. The minimum Gasteiger partial charge on any atom is -0.480 e. The van der Waals surface area contributed by atoms with Crippen LogP contribution in [0.3, 0.4) is 0 Å². The van der Waals surface area contributed by atoms with Crippen LogP contribution in [0.1, 0.15) is 69.7 Å². The number of nitrogens with two attached hydrogens (primary N) is 1. The summed E-state index contributed by atoms with van der Waals surface area (Å²) in [5.74, 6) is -3.16. The molecule has 0 spiro atoms. The van der Waals surface area contributed by atoms with Gasteiger partial charge in [0.05, 0.1) is 38.8 Å². The lowest BCUT2D eigenvalue weighted by Crippen LogP contribution is -2.30. The number of hydrogen-bond acceptors (Lipinski definition) is 15. The molecule has 0 radical (unpaired) electrons. The zero-order chi connectivity index (χ0) is 46.7. The predicted octanol–water partition coefficient (Wildman–Crippen LogP) is 7.31. The van der Waals surface area contributed by atoms with E-state index in [2.05, 4.69) is 9.89 Å². The monoisotopic (exact) mass is 953 g/mol. The number of alkyl halides is 3. The van der Waals surface area contributed by atoms with Crippen LogP contribution in [0, 0.1) is 10.1 Å². The number of aliphatic carboxylic acids is 1. The zero-order valence-corrected chi connectivity index (χ0v) is 35.8. The topological polar surface area (TPSA) is 283 Å². The van der Waals surface area contributed by atoms with E-state index in [0.29, 0.717) is 17.4 Å². The van der Waals surface area contributed by atoms with E-state index in [-0.39, 0.29) is 57.1 Å². The molecule has 62 heavy (non-hydrogen) atoms. The highest BCUT2D eigenvalue weighted by atomic mass is 35.5. The molecule has 0 aliphatic heterocycles. The van der Waals surface area contributed by atoms with Crippen LogP contribution in [0.5, 0.6) is 11.5 Å². The van der Waals surface area contributed by atoms with Crippen molar-refractivity contribution in [2.75, 3.05) is 32.3 Å². The van der Waals surface area contributed by atoms with Gasteiger partial charge in [0.25, 0.3) is 5.69 Å². The van der Waals surface area contributed by atoms with Crippen LogP contribution < -0.4 is 10.5 Å². The molecule has 1 aliphatic rings. The van der Waals surface area contributed by atoms with Crippen molar-refractivity contribution in [2.24, 2.45) is 5.73 Å². The zero-order valence-electron chi connectivity index (χ0n) is 32.6. The highest BCUT2D eigenvalue weighted by molar-refractivity contribution is 7.90. The fraction of sp³-hybridized carbons (Fsp3) is 0.324. The van der Waals surface area contributed by atoms with E-state index in [4.69, 9.17) is 52.9 Å². The van der Waals surface area contributed by atoms with E-state index >= 15 is 0 Å². The maximum Gasteiger partial charge on any atom is 0.416 e. The van der Waals surface area contributed by atoms with Crippen LogP contribution in [0.4, 0.5) is 18.9 Å². The van der Waals surface area contributed by atoms with Gasteiger partial charge in [0.15, 0.2) is 35.4 Å². The Labute approximate surface area is 360 Å². The number of carboxylic acid groups (broad SMARTS) is 1. The first kappa shape index (κ1) is 51.0. The molecule has 2 unspecified atom stereocenters. The second-order valence-corrected chi connectivity index (χ2v) is 18.6. The second kappa shape index (κ2) is 21.6. The summed E-state index contributed by atoms with van der Waals surface area (Å²) in [4.78, 5) is 65.2. The van der Waals surface area contributed by atoms with E-state index < -0.39 is 81.5 Å². The fourth-order valence-electron chi connectivity index (χ4n) is 4.89. The molecular weight excluding hydrogens is 917 g/mol. The van der Waals surface area contributed by atoms with E-state index in [0.717, 1.165) is 49.4 Å². The van der Waals surface area contributed by atoms with Gasteiger partial charge in [-0.1, -0.05) is 28.4 Å². The molecule has 5 rings (SSSR count). The standard InChI is InChI=1S/C18H13ClF3NO7.C14H12ClNO4S.C5H12NO4P/c1-2-28-16(24)9-29-17(25)12-8-11(4-5-14(12)23(26)27)30-15-6-3-10(7-13(15)19)18(20,21)22;1-21(18,19)12-6-9(15)4-5-10(12)13(17)11-7-16-20-14(11)8-2-3-8;1-11(9,10)3-2-4(6)5(7)8/h3-8H,2,9H2,1H3;4-8H,2-3H2,1H3;4H,2-3,6H2,1H3,(H,7,8)(H,9,10). The lowest BCUT2D eigenvalue weighted by molar-refractivity contribution is -0.385. The first-order chi connectivity index (χ1) is 28.7. The average Bonchev–Trinajstić information content (AvgIpc) is 3.91. The summed E-state index contributed by atoms with van der Waals surface area (Å²) in [6, 6.07) is 8.52. The molecule has 1 saturated carbocycles. The molecule has 2 atom stereocenters. The van der Waals surface area contributed by atoms with Gasteiger partial charge in [-0.25, -0.2) is 18.0 Å². The summed E-state index contributed by atoms with van der Waals surface area (Å²) in [5.41, 5.74) is 3.34. The molecule has 1 aliphatic carbocycles. The van der Waals surface area contributed by atoms with Crippen molar-refractivity contribution in [1.82, 2.24) is 5.16 Å². The Balaban J connectivity index is 0.000000276.